The lowest BCUT2D eigenvalue weighted by molar-refractivity contribution is -1.02. The molecular weight excluding hydrogens is 300 g/mol. The summed E-state index contributed by atoms with van der Waals surface area (Å²) in [5, 5.41) is 0. The van der Waals surface area contributed by atoms with Gasteiger partial charge in [-0.1, -0.05) is 12.2 Å². The fourth-order valence-corrected chi connectivity index (χ4v) is 5.18. The summed E-state index contributed by atoms with van der Waals surface area (Å²) in [6, 6.07) is 6.42. The monoisotopic (exact) mass is 328 g/mol. The predicted molar refractivity (Wildman–Crippen MR) is 91.4 cm³/mol. The SMILES string of the molecule is C1=C[C@H]2C[C@H]1C[C@@H]2C[NH+]1CC[NH+](Cc2ccc3c(c2)OCO3)CC1. The Morgan fingerprint density at radius 2 is 1.75 bits per heavy atom. The third-order valence-electron chi connectivity index (χ3n) is 6.52. The van der Waals surface area contributed by atoms with E-state index in [1.54, 1.807) is 4.90 Å². The number of nitrogens with one attached hydrogen (secondary N) is 2. The van der Waals surface area contributed by atoms with Crippen molar-refractivity contribution in [2.45, 2.75) is 19.4 Å². The van der Waals surface area contributed by atoms with Crippen LogP contribution in [0.4, 0.5) is 0 Å². The van der Waals surface area contributed by atoms with E-state index in [0.717, 1.165) is 35.8 Å². The number of fused-ring (bicyclic) bond motifs is 3. The Balaban J connectivity index is 1.12. The number of benzene rings is 1. The van der Waals surface area contributed by atoms with Crippen LogP contribution in [0.5, 0.6) is 11.5 Å². The first-order chi connectivity index (χ1) is 11.8. The molecule has 2 N–H and O–H groups in total. The average Bonchev–Trinajstić information content (AvgIpc) is 3.32. The van der Waals surface area contributed by atoms with Crippen LogP contribution in [0, 0.1) is 17.8 Å². The number of hydrogen-bond acceptors (Lipinski definition) is 2. The van der Waals surface area contributed by atoms with Gasteiger partial charge in [0.2, 0.25) is 6.79 Å². The van der Waals surface area contributed by atoms with Gasteiger partial charge in [-0.25, -0.2) is 0 Å². The molecule has 4 nitrogen and oxygen atoms in total. The summed E-state index contributed by atoms with van der Waals surface area (Å²) in [7, 11) is 0. The van der Waals surface area contributed by atoms with Gasteiger partial charge in [-0.2, -0.15) is 0 Å². The molecule has 2 aliphatic carbocycles. The van der Waals surface area contributed by atoms with Crippen molar-refractivity contribution >= 4 is 0 Å². The van der Waals surface area contributed by atoms with E-state index >= 15 is 0 Å². The minimum Gasteiger partial charge on any atom is -0.454 e. The van der Waals surface area contributed by atoms with Gasteiger partial charge >= 0.3 is 0 Å². The van der Waals surface area contributed by atoms with Crippen molar-refractivity contribution in [3.63, 3.8) is 0 Å². The Morgan fingerprint density at radius 3 is 2.54 bits per heavy atom. The van der Waals surface area contributed by atoms with Crippen molar-refractivity contribution in [3.05, 3.63) is 35.9 Å². The van der Waals surface area contributed by atoms with E-state index in [2.05, 4.69) is 30.4 Å². The molecule has 2 bridgehead atoms. The maximum atomic E-state index is 5.50. The first-order valence-electron chi connectivity index (χ1n) is 9.57. The highest BCUT2D eigenvalue weighted by Gasteiger charge is 2.38. The van der Waals surface area contributed by atoms with Crippen molar-refractivity contribution in [1.82, 2.24) is 0 Å². The molecule has 2 aliphatic heterocycles. The molecule has 128 valence electrons. The molecule has 2 fully saturated rings. The number of allylic oxidation sites excluding steroid dienone is 2. The van der Waals surface area contributed by atoms with Crippen molar-refractivity contribution in [2.75, 3.05) is 39.5 Å². The van der Waals surface area contributed by atoms with Crippen LogP contribution in [0.2, 0.25) is 0 Å². The van der Waals surface area contributed by atoms with Crippen LogP contribution in [0.3, 0.4) is 0 Å². The first-order valence-corrected chi connectivity index (χ1v) is 9.57. The van der Waals surface area contributed by atoms with E-state index in [1.165, 1.54) is 51.1 Å². The van der Waals surface area contributed by atoms with Crippen LogP contribution in [-0.4, -0.2) is 39.5 Å². The molecule has 0 aromatic heterocycles. The van der Waals surface area contributed by atoms with Gasteiger partial charge in [0.25, 0.3) is 0 Å². The van der Waals surface area contributed by atoms with E-state index in [1.807, 2.05) is 4.90 Å². The van der Waals surface area contributed by atoms with E-state index in [0.29, 0.717) is 6.79 Å². The molecule has 2 heterocycles. The number of hydrogen-bond donors (Lipinski definition) is 2. The van der Waals surface area contributed by atoms with E-state index in [4.69, 9.17) is 9.47 Å². The third-order valence-corrected chi connectivity index (χ3v) is 6.52. The predicted octanol–water partition coefficient (Wildman–Crippen LogP) is -0.0891. The van der Waals surface area contributed by atoms with Gasteiger partial charge in [0.05, 0.1) is 6.54 Å². The highest BCUT2D eigenvalue weighted by molar-refractivity contribution is 5.44. The zero-order valence-electron chi connectivity index (χ0n) is 14.3. The summed E-state index contributed by atoms with van der Waals surface area (Å²) < 4.78 is 10.9. The van der Waals surface area contributed by atoms with Crippen molar-refractivity contribution < 1.29 is 19.3 Å². The lowest BCUT2D eigenvalue weighted by Gasteiger charge is -2.32. The molecule has 0 unspecified atom stereocenters. The van der Waals surface area contributed by atoms with Crippen molar-refractivity contribution in [3.8, 4) is 11.5 Å². The summed E-state index contributed by atoms with van der Waals surface area (Å²) in [5.41, 5.74) is 1.37. The summed E-state index contributed by atoms with van der Waals surface area (Å²) in [6.45, 7) is 8.13. The second-order valence-electron chi connectivity index (χ2n) is 8.11. The van der Waals surface area contributed by atoms with E-state index in [9.17, 15) is 0 Å². The normalized spacial score (nSPS) is 36.4. The van der Waals surface area contributed by atoms with Crippen LogP contribution < -0.4 is 19.3 Å². The van der Waals surface area contributed by atoms with Crippen LogP contribution in [0.15, 0.2) is 30.4 Å². The fraction of sp³-hybridized carbons (Fsp3) is 0.600. The third kappa shape index (κ3) is 2.82. The van der Waals surface area contributed by atoms with Gasteiger partial charge in [-0.05, 0) is 42.9 Å². The quantitative estimate of drug-likeness (QED) is 0.756. The zero-order valence-corrected chi connectivity index (χ0v) is 14.3. The Bertz CT molecular complexity index is 637. The summed E-state index contributed by atoms with van der Waals surface area (Å²) in [5.74, 6) is 4.59. The smallest absolute Gasteiger partial charge is 0.231 e. The lowest BCUT2D eigenvalue weighted by Crippen LogP contribution is -3.27. The molecule has 0 radical (unpaired) electrons. The van der Waals surface area contributed by atoms with Gasteiger partial charge < -0.3 is 19.3 Å². The molecule has 1 saturated heterocycles. The molecule has 1 aromatic rings. The van der Waals surface area contributed by atoms with Gasteiger partial charge in [-0.3, -0.25) is 0 Å². The zero-order chi connectivity index (χ0) is 15.9. The van der Waals surface area contributed by atoms with Gasteiger partial charge in [0.1, 0.15) is 32.7 Å². The van der Waals surface area contributed by atoms with Crippen molar-refractivity contribution in [2.24, 2.45) is 17.8 Å². The van der Waals surface area contributed by atoms with Gasteiger partial charge in [0.15, 0.2) is 11.5 Å². The minimum atomic E-state index is 0.367. The van der Waals surface area contributed by atoms with Crippen LogP contribution >= 0.6 is 0 Å². The van der Waals surface area contributed by atoms with Crippen LogP contribution in [0.1, 0.15) is 18.4 Å². The molecule has 24 heavy (non-hydrogen) atoms. The van der Waals surface area contributed by atoms with E-state index in [-0.39, 0.29) is 0 Å². The lowest BCUT2D eigenvalue weighted by atomic mass is 9.93. The number of ether oxygens (including phenoxy) is 2. The highest BCUT2D eigenvalue weighted by Crippen LogP contribution is 2.42. The standard InChI is InChI=1S/C20H26N2O2/c1-3-17-9-15(1)10-18(17)13-22-7-5-21(6-8-22)12-16-2-4-19-20(11-16)24-14-23-19/h1-4,11,15,17-18H,5-10,12-14H2/p+2/t15-,17-,18+/m0/s1. The molecule has 1 saturated carbocycles. The number of quaternary nitrogens is 2. The maximum absolute atomic E-state index is 5.50. The fourth-order valence-electron chi connectivity index (χ4n) is 5.18. The van der Waals surface area contributed by atoms with E-state index < -0.39 is 0 Å². The second-order valence-corrected chi connectivity index (χ2v) is 8.11. The molecule has 1 aromatic carbocycles. The van der Waals surface area contributed by atoms with Crippen LogP contribution in [0.25, 0.3) is 0 Å². The highest BCUT2D eigenvalue weighted by atomic mass is 16.7. The van der Waals surface area contributed by atoms with Gasteiger partial charge in [-0.15, -0.1) is 0 Å². The van der Waals surface area contributed by atoms with Crippen molar-refractivity contribution in [1.29, 1.82) is 0 Å². The molecule has 3 atom stereocenters. The topological polar surface area (TPSA) is 27.3 Å². The van der Waals surface area contributed by atoms with Gasteiger partial charge in [0, 0.05) is 11.5 Å². The molecule has 4 aliphatic rings. The molecule has 5 rings (SSSR count). The molecule has 0 amide bonds. The first kappa shape index (κ1) is 14.8. The summed E-state index contributed by atoms with van der Waals surface area (Å²) >= 11 is 0. The Kier molecular flexibility index (Phi) is 3.75. The molecule has 4 heteroatoms. The number of piperazine rings is 1. The summed E-state index contributed by atoms with van der Waals surface area (Å²) in [4.78, 5) is 3.56. The summed E-state index contributed by atoms with van der Waals surface area (Å²) in [6.07, 6.45) is 7.86. The Labute approximate surface area is 144 Å². The maximum Gasteiger partial charge on any atom is 0.231 e. The minimum absolute atomic E-state index is 0.367. The average molecular weight is 328 g/mol. The number of rotatable bonds is 4. The Morgan fingerprint density at radius 1 is 0.917 bits per heavy atom. The second kappa shape index (κ2) is 6.08. The Hall–Kier alpha value is -1.52. The molecular formula is C20H28N2O2+2. The molecule has 0 spiro atoms. The largest absolute Gasteiger partial charge is 0.454 e. The van der Waals surface area contributed by atoms with Crippen LogP contribution in [-0.2, 0) is 6.54 Å².